The zero-order valence-electron chi connectivity index (χ0n) is 19.1. The van der Waals surface area contributed by atoms with Crippen molar-refractivity contribution in [3.8, 4) is 17.3 Å². The molecule has 2 fully saturated rings. The second kappa shape index (κ2) is 8.34. The zero-order valence-corrected chi connectivity index (χ0v) is 19.1. The standard InChI is InChI=1S/C26H25N5O3/c1-15-3-6-19(25(32)30-11-20(12-30)18-7-4-17(10-27)5-8-18)9-22(15)23-16(2)28-24(29-23)21-13-31(14-21)26(33)34/h3-9,20-21H,11-14H2,1-2H3,(H,28,29)(H,33,34). The predicted octanol–water partition coefficient (Wildman–Crippen LogP) is 3.88. The Morgan fingerprint density at radius 3 is 2.35 bits per heavy atom. The largest absolute Gasteiger partial charge is 0.465 e. The molecule has 3 aromatic rings. The Bertz CT molecular complexity index is 1310. The number of aromatic amines is 1. The van der Waals surface area contributed by atoms with E-state index in [-0.39, 0.29) is 17.7 Å². The molecule has 2 aromatic carbocycles. The highest BCUT2D eigenvalue weighted by Gasteiger charge is 2.35. The number of nitrogens with one attached hydrogen (secondary N) is 1. The molecule has 34 heavy (non-hydrogen) atoms. The Hall–Kier alpha value is -4.12. The first kappa shape index (κ1) is 21.7. The van der Waals surface area contributed by atoms with Gasteiger partial charge in [0.2, 0.25) is 0 Å². The smallest absolute Gasteiger partial charge is 0.407 e. The first-order valence-corrected chi connectivity index (χ1v) is 11.3. The molecule has 0 bridgehead atoms. The number of aromatic nitrogens is 2. The van der Waals surface area contributed by atoms with E-state index in [4.69, 9.17) is 10.4 Å². The molecule has 0 radical (unpaired) electrons. The van der Waals surface area contributed by atoms with Gasteiger partial charge in [0.05, 0.1) is 28.9 Å². The Kier molecular flexibility index (Phi) is 5.33. The Labute approximate surface area is 197 Å². The van der Waals surface area contributed by atoms with E-state index in [1.807, 2.05) is 61.2 Å². The quantitative estimate of drug-likeness (QED) is 0.620. The lowest BCUT2D eigenvalue weighted by Gasteiger charge is -2.39. The highest BCUT2D eigenvalue weighted by molar-refractivity contribution is 5.96. The van der Waals surface area contributed by atoms with Gasteiger partial charge in [-0.15, -0.1) is 0 Å². The number of carboxylic acid groups (broad SMARTS) is 1. The molecule has 0 aliphatic carbocycles. The van der Waals surface area contributed by atoms with Crippen molar-refractivity contribution in [2.75, 3.05) is 26.2 Å². The van der Waals surface area contributed by atoms with Crippen molar-refractivity contribution in [1.29, 1.82) is 5.26 Å². The summed E-state index contributed by atoms with van der Waals surface area (Å²) in [4.78, 5) is 35.4. The second-order valence-electron chi connectivity index (χ2n) is 9.14. The molecule has 1 aromatic heterocycles. The number of amides is 2. The number of hydrogen-bond donors (Lipinski definition) is 2. The van der Waals surface area contributed by atoms with Gasteiger partial charge in [0.1, 0.15) is 5.82 Å². The second-order valence-corrected chi connectivity index (χ2v) is 9.14. The minimum absolute atomic E-state index is 0.000343. The van der Waals surface area contributed by atoms with Gasteiger partial charge in [0, 0.05) is 43.2 Å². The number of aryl methyl sites for hydroxylation is 2. The van der Waals surface area contributed by atoms with Gasteiger partial charge in [0.15, 0.2) is 0 Å². The third-order valence-electron chi connectivity index (χ3n) is 6.88. The number of H-pyrrole nitrogens is 1. The van der Waals surface area contributed by atoms with Crippen LogP contribution in [0, 0.1) is 25.2 Å². The van der Waals surface area contributed by atoms with E-state index in [1.165, 1.54) is 4.90 Å². The number of hydrogen-bond acceptors (Lipinski definition) is 4. The van der Waals surface area contributed by atoms with Crippen molar-refractivity contribution in [2.24, 2.45) is 0 Å². The van der Waals surface area contributed by atoms with Crippen LogP contribution in [0.1, 0.15) is 50.4 Å². The van der Waals surface area contributed by atoms with E-state index in [0.29, 0.717) is 37.3 Å². The number of likely N-dealkylation sites (tertiary alicyclic amines) is 2. The monoisotopic (exact) mass is 455 g/mol. The summed E-state index contributed by atoms with van der Waals surface area (Å²) in [5.41, 5.74) is 6.09. The third-order valence-corrected chi connectivity index (χ3v) is 6.88. The predicted molar refractivity (Wildman–Crippen MR) is 126 cm³/mol. The first-order chi connectivity index (χ1) is 16.3. The van der Waals surface area contributed by atoms with Crippen LogP contribution in [0.15, 0.2) is 42.5 Å². The minimum Gasteiger partial charge on any atom is -0.465 e. The van der Waals surface area contributed by atoms with Crippen LogP contribution in [-0.4, -0.2) is 63.1 Å². The number of rotatable bonds is 4. The maximum atomic E-state index is 13.1. The van der Waals surface area contributed by atoms with Gasteiger partial charge in [-0.3, -0.25) is 4.79 Å². The molecule has 2 amide bonds. The molecule has 0 atom stereocenters. The van der Waals surface area contributed by atoms with Gasteiger partial charge in [-0.2, -0.15) is 5.26 Å². The van der Waals surface area contributed by atoms with Crippen LogP contribution in [0.4, 0.5) is 4.79 Å². The van der Waals surface area contributed by atoms with Crippen LogP contribution in [0.5, 0.6) is 0 Å². The number of carbonyl (C=O) groups excluding carboxylic acids is 1. The van der Waals surface area contributed by atoms with Gasteiger partial charge in [0.25, 0.3) is 5.91 Å². The first-order valence-electron chi connectivity index (χ1n) is 11.3. The summed E-state index contributed by atoms with van der Waals surface area (Å²) in [7, 11) is 0. The third kappa shape index (κ3) is 3.79. The fourth-order valence-electron chi connectivity index (χ4n) is 4.64. The van der Waals surface area contributed by atoms with Gasteiger partial charge in [-0.1, -0.05) is 18.2 Å². The number of nitrogens with zero attached hydrogens (tertiary/aromatic N) is 4. The summed E-state index contributed by atoms with van der Waals surface area (Å²) in [6.07, 6.45) is -0.908. The molecule has 2 aliphatic heterocycles. The van der Waals surface area contributed by atoms with Gasteiger partial charge in [-0.05, 0) is 49.2 Å². The number of nitriles is 1. The summed E-state index contributed by atoms with van der Waals surface area (Å²) in [6.45, 7) is 6.12. The Balaban J connectivity index is 1.30. The topological polar surface area (TPSA) is 113 Å². The van der Waals surface area contributed by atoms with Crippen molar-refractivity contribution < 1.29 is 14.7 Å². The molecule has 0 unspecified atom stereocenters. The van der Waals surface area contributed by atoms with Gasteiger partial charge >= 0.3 is 6.09 Å². The summed E-state index contributed by atoms with van der Waals surface area (Å²) in [6, 6.07) is 15.4. The van der Waals surface area contributed by atoms with Crippen LogP contribution < -0.4 is 0 Å². The van der Waals surface area contributed by atoms with Gasteiger partial charge < -0.3 is 19.9 Å². The molecule has 172 valence electrons. The lowest BCUT2D eigenvalue weighted by Crippen LogP contribution is -2.48. The maximum Gasteiger partial charge on any atom is 0.407 e. The van der Waals surface area contributed by atoms with Crippen molar-refractivity contribution >= 4 is 12.0 Å². The van der Waals surface area contributed by atoms with E-state index in [1.54, 1.807) is 0 Å². The zero-order chi connectivity index (χ0) is 24.0. The van der Waals surface area contributed by atoms with Crippen LogP contribution in [-0.2, 0) is 0 Å². The van der Waals surface area contributed by atoms with E-state index >= 15 is 0 Å². The lowest BCUT2D eigenvalue weighted by atomic mass is 9.90. The lowest BCUT2D eigenvalue weighted by molar-refractivity contribution is 0.0602. The maximum absolute atomic E-state index is 13.1. The molecule has 0 saturated carbocycles. The summed E-state index contributed by atoms with van der Waals surface area (Å²) >= 11 is 0. The Morgan fingerprint density at radius 1 is 1.03 bits per heavy atom. The minimum atomic E-state index is -0.908. The molecule has 3 heterocycles. The van der Waals surface area contributed by atoms with Crippen LogP contribution in [0.2, 0.25) is 0 Å². The van der Waals surface area contributed by atoms with Crippen LogP contribution >= 0.6 is 0 Å². The SMILES string of the molecule is Cc1ccc(C(=O)N2CC(c3ccc(C#N)cc3)C2)cc1-c1[nH]c(C2CN(C(=O)O)C2)nc1C. The fraction of sp³-hybridized carbons (Fsp3) is 0.308. The molecule has 5 rings (SSSR count). The highest BCUT2D eigenvalue weighted by Crippen LogP contribution is 2.33. The average molecular weight is 456 g/mol. The van der Waals surface area contributed by atoms with E-state index < -0.39 is 6.09 Å². The number of imidazole rings is 1. The van der Waals surface area contributed by atoms with Crippen molar-refractivity contribution in [3.63, 3.8) is 0 Å². The summed E-state index contributed by atoms with van der Waals surface area (Å²) in [5, 5.41) is 18.0. The van der Waals surface area contributed by atoms with E-state index in [0.717, 1.165) is 33.9 Å². The van der Waals surface area contributed by atoms with Crippen molar-refractivity contribution in [3.05, 3.63) is 76.2 Å². The molecule has 8 nitrogen and oxygen atoms in total. The number of carbonyl (C=O) groups is 2. The molecule has 2 saturated heterocycles. The average Bonchev–Trinajstić information content (AvgIpc) is 3.12. The van der Waals surface area contributed by atoms with Crippen LogP contribution in [0.25, 0.3) is 11.3 Å². The summed E-state index contributed by atoms with van der Waals surface area (Å²) in [5.74, 6) is 1.13. The van der Waals surface area contributed by atoms with E-state index in [9.17, 15) is 9.59 Å². The van der Waals surface area contributed by atoms with Crippen molar-refractivity contribution in [2.45, 2.75) is 25.7 Å². The Morgan fingerprint density at radius 2 is 1.71 bits per heavy atom. The molecule has 2 aliphatic rings. The molecule has 2 N–H and O–H groups in total. The molecule has 0 spiro atoms. The summed E-state index contributed by atoms with van der Waals surface area (Å²) < 4.78 is 0. The molecular weight excluding hydrogens is 430 g/mol. The highest BCUT2D eigenvalue weighted by atomic mass is 16.4. The fourth-order valence-corrected chi connectivity index (χ4v) is 4.64. The van der Waals surface area contributed by atoms with E-state index in [2.05, 4.69) is 16.0 Å². The van der Waals surface area contributed by atoms with Gasteiger partial charge in [-0.25, -0.2) is 9.78 Å². The molecular formula is C26H25N5O3. The van der Waals surface area contributed by atoms with Crippen molar-refractivity contribution in [1.82, 2.24) is 19.8 Å². The number of benzene rings is 2. The normalized spacial score (nSPS) is 16.0. The molecule has 8 heteroatoms. The van der Waals surface area contributed by atoms with Crippen LogP contribution in [0.3, 0.4) is 0 Å².